The number of aromatic nitrogens is 1. The summed E-state index contributed by atoms with van der Waals surface area (Å²) in [7, 11) is -3.53. The normalized spacial score (nSPS) is 15.6. The summed E-state index contributed by atoms with van der Waals surface area (Å²) in [5, 5.41) is 2.04. The van der Waals surface area contributed by atoms with Crippen molar-refractivity contribution >= 4 is 27.0 Å². The number of aryl methyl sites for hydroxylation is 1. The highest BCUT2D eigenvalue weighted by atomic mass is 32.2. The van der Waals surface area contributed by atoms with E-state index in [2.05, 4.69) is 16.7 Å². The summed E-state index contributed by atoms with van der Waals surface area (Å²) in [6, 6.07) is 20.9. The van der Waals surface area contributed by atoms with Crippen LogP contribution in [0, 0.1) is 0 Å². The molecule has 34 heavy (non-hydrogen) atoms. The molecule has 1 aliphatic rings. The molecule has 0 amide bonds. The van der Waals surface area contributed by atoms with Gasteiger partial charge in [0.2, 0.25) is 10.0 Å². The molecule has 0 atom stereocenters. The van der Waals surface area contributed by atoms with Crippen LogP contribution in [0.15, 0.2) is 92.7 Å². The molecule has 2 aromatic carbocycles. The number of hydrogen-bond donors (Lipinski definition) is 0. The molecule has 0 spiro atoms. The third-order valence-corrected chi connectivity index (χ3v) is 8.48. The number of rotatable bonds is 7. The Morgan fingerprint density at radius 3 is 2.41 bits per heavy atom. The Balaban J connectivity index is 1.44. The highest BCUT2D eigenvalue weighted by molar-refractivity contribution is 7.89. The lowest BCUT2D eigenvalue weighted by molar-refractivity contribution is 0.0730. The molecule has 4 aromatic rings. The Labute approximate surface area is 202 Å². The zero-order chi connectivity index (χ0) is 23.4. The second-order valence-electron chi connectivity index (χ2n) is 7.89. The van der Waals surface area contributed by atoms with Gasteiger partial charge in [0, 0.05) is 25.0 Å². The van der Waals surface area contributed by atoms with E-state index >= 15 is 0 Å². The van der Waals surface area contributed by atoms with E-state index in [4.69, 9.17) is 14.1 Å². The van der Waals surface area contributed by atoms with Gasteiger partial charge in [-0.3, -0.25) is 0 Å². The first kappa shape index (κ1) is 22.8. The van der Waals surface area contributed by atoms with E-state index in [9.17, 15) is 8.42 Å². The van der Waals surface area contributed by atoms with Crippen molar-refractivity contribution < 1.29 is 17.6 Å². The van der Waals surface area contributed by atoms with Gasteiger partial charge in [0.1, 0.15) is 0 Å². The zero-order valence-corrected chi connectivity index (χ0v) is 20.2. The van der Waals surface area contributed by atoms with Crippen LogP contribution < -0.4 is 4.80 Å². The number of furan rings is 1. The molecule has 0 bridgehead atoms. The van der Waals surface area contributed by atoms with Crippen molar-refractivity contribution in [2.24, 2.45) is 4.99 Å². The Morgan fingerprint density at radius 1 is 0.941 bits per heavy atom. The summed E-state index contributed by atoms with van der Waals surface area (Å²) in [5.41, 5.74) is 2.91. The molecule has 0 aliphatic carbocycles. The van der Waals surface area contributed by atoms with Crippen LogP contribution in [0.1, 0.15) is 5.56 Å². The number of sulfonamides is 1. The topological polar surface area (TPSA) is 77.0 Å². The second-order valence-corrected chi connectivity index (χ2v) is 10.7. The fourth-order valence-corrected chi connectivity index (χ4v) is 6.23. The lowest BCUT2D eigenvalue weighted by Gasteiger charge is -2.26. The molecule has 0 N–H and O–H groups in total. The van der Waals surface area contributed by atoms with Gasteiger partial charge in [0.05, 0.1) is 35.8 Å². The van der Waals surface area contributed by atoms with Gasteiger partial charge in [0.25, 0.3) is 0 Å². The number of ether oxygens (including phenoxy) is 1. The Kier molecular flexibility index (Phi) is 6.77. The third kappa shape index (κ3) is 4.92. The molecular formula is C25H25N3O4S2. The summed E-state index contributed by atoms with van der Waals surface area (Å²) in [5.74, 6) is 0.790. The van der Waals surface area contributed by atoms with Gasteiger partial charge in [-0.05, 0) is 48.4 Å². The first-order chi connectivity index (χ1) is 16.6. The second kappa shape index (κ2) is 10.1. The van der Waals surface area contributed by atoms with Crippen LogP contribution in [-0.2, 0) is 27.7 Å². The molecular weight excluding hydrogens is 470 g/mol. The standard InChI is InChI=1S/C25H25N3O4S2/c29-34(30,27-14-17-31-18-15-27)22-10-8-21(9-11-22)26-25-28(13-12-20-5-2-1-3-6-20)23(19-33-25)24-7-4-16-32-24/h1-11,16,19H,12-15,17-18H2. The van der Waals surface area contributed by atoms with E-state index in [1.165, 1.54) is 21.2 Å². The Hall–Kier alpha value is -2.98. The molecule has 7 nitrogen and oxygen atoms in total. The lowest BCUT2D eigenvalue weighted by Crippen LogP contribution is -2.40. The number of thiazole rings is 1. The van der Waals surface area contributed by atoms with E-state index in [0.29, 0.717) is 32.0 Å². The van der Waals surface area contributed by atoms with Crippen molar-refractivity contribution in [3.05, 3.63) is 88.7 Å². The number of nitrogens with zero attached hydrogens (tertiary/aromatic N) is 3. The van der Waals surface area contributed by atoms with Crippen molar-refractivity contribution in [1.29, 1.82) is 0 Å². The summed E-state index contributed by atoms with van der Waals surface area (Å²) in [4.78, 5) is 5.93. The van der Waals surface area contributed by atoms with Crippen LogP contribution in [0.25, 0.3) is 11.5 Å². The van der Waals surface area contributed by atoms with Crippen LogP contribution in [0.5, 0.6) is 0 Å². The minimum absolute atomic E-state index is 0.271. The Bertz CT molecular complexity index is 1380. The van der Waals surface area contributed by atoms with Crippen molar-refractivity contribution in [3.63, 3.8) is 0 Å². The predicted octanol–water partition coefficient (Wildman–Crippen LogP) is 4.31. The van der Waals surface area contributed by atoms with Gasteiger partial charge >= 0.3 is 0 Å². The minimum atomic E-state index is -3.53. The van der Waals surface area contributed by atoms with Crippen molar-refractivity contribution in [3.8, 4) is 11.5 Å². The summed E-state index contributed by atoms with van der Waals surface area (Å²) >= 11 is 1.53. The summed E-state index contributed by atoms with van der Waals surface area (Å²) in [6.07, 6.45) is 2.52. The SMILES string of the molecule is O=S(=O)(c1ccc(N=c2scc(-c3ccco3)n2CCc2ccccc2)cc1)N1CCOCC1. The lowest BCUT2D eigenvalue weighted by atomic mass is 10.1. The average Bonchev–Trinajstić information content (AvgIpc) is 3.54. The number of morpholine rings is 1. The van der Waals surface area contributed by atoms with E-state index in [1.54, 1.807) is 30.5 Å². The largest absolute Gasteiger partial charge is 0.463 e. The molecule has 1 saturated heterocycles. The van der Waals surface area contributed by atoms with E-state index in [1.807, 2.05) is 35.7 Å². The third-order valence-electron chi connectivity index (χ3n) is 5.71. The van der Waals surface area contributed by atoms with Crippen LogP contribution >= 0.6 is 11.3 Å². The van der Waals surface area contributed by atoms with Crippen LogP contribution in [-0.4, -0.2) is 43.6 Å². The number of hydrogen-bond acceptors (Lipinski definition) is 6. The Morgan fingerprint density at radius 2 is 1.71 bits per heavy atom. The maximum absolute atomic E-state index is 12.9. The number of benzene rings is 2. The molecule has 0 saturated carbocycles. The molecule has 5 rings (SSSR count). The smallest absolute Gasteiger partial charge is 0.243 e. The highest BCUT2D eigenvalue weighted by Gasteiger charge is 2.26. The van der Waals surface area contributed by atoms with Gasteiger partial charge in [-0.1, -0.05) is 30.3 Å². The zero-order valence-electron chi connectivity index (χ0n) is 18.5. The van der Waals surface area contributed by atoms with Crippen molar-refractivity contribution in [2.45, 2.75) is 17.9 Å². The van der Waals surface area contributed by atoms with E-state index < -0.39 is 10.0 Å². The molecule has 1 fully saturated rings. The van der Waals surface area contributed by atoms with Crippen LogP contribution in [0.3, 0.4) is 0 Å². The van der Waals surface area contributed by atoms with Crippen LogP contribution in [0.4, 0.5) is 5.69 Å². The molecule has 2 aromatic heterocycles. The van der Waals surface area contributed by atoms with Gasteiger partial charge in [-0.2, -0.15) is 4.31 Å². The van der Waals surface area contributed by atoms with Crippen LogP contribution in [0.2, 0.25) is 0 Å². The van der Waals surface area contributed by atoms with Gasteiger partial charge in [-0.25, -0.2) is 13.4 Å². The molecule has 0 unspecified atom stereocenters. The minimum Gasteiger partial charge on any atom is -0.463 e. The molecule has 176 valence electrons. The fraction of sp³-hybridized carbons (Fsp3) is 0.240. The van der Waals surface area contributed by atoms with Crippen molar-refractivity contribution in [1.82, 2.24) is 8.87 Å². The van der Waals surface area contributed by atoms with E-state index in [-0.39, 0.29) is 4.90 Å². The average molecular weight is 496 g/mol. The molecule has 0 radical (unpaired) electrons. The maximum Gasteiger partial charge on any atom is 0.243 e. The van der Waals surface area contributed by atoms with E-state index in [0.717, 1.165) is 29.2 Å². The molecule has 1 aliphatic heterocycles. The van der Waals surface area contributed by atoms with Gasteiger partial charge in [0.15, 0.2) is 10.6 Å². The summed E-state index contributed by atoms with van der Waals surface area (Å²) in [6.45, 7) is 2.34. The molecule has 9 heteroatoms. The quantitative estimate of drug-likeness (QED) is 0.383. The first-order valence-electron chi connectivity index (χ1n) is 11.1. The van der Waals surface area contributed by atoms with Crippen molar-refractivity contribution in [2.75, 3.05) is 26.3 Å². The van der Waals surface area contributed by atoms with Gasteiger partial charge in [-0.15, -0.1) is 11.3 Å². The molecule has 3 heterocycles. The maximum atomic E-state index is 12.9. The highest BCUT2D eigenvalue weighted by Crippen LogP contribution is 2.23. The summed E-state index contributed by atoms with van der Waals surface area (Å²) < 4.78 is 40.3. The first-order valence-corrected chi connectivity index (χ1v) is 13.4. The fourth-order valence-electron chi connectivity index (χ4n) is 3.88. The van der Waals surface area contributed by atoms with Gasteiger partial charge < -0.3 is 13.7 Å². The predicted molar refractivity (Wildman–Crippen MR) is 131 cm³/mol. The monoisotopic (exact) mass is 495 g/mol.